The van der Waals surface area contributed by atoms with Crippen LogP contribution < -0.4 is 5.73 Å². The summed E-state index contributed by atoms with van der Waals surface area (Å²) in [6.07, 6.45) is 1.53. The highest BCUT2D eigenvalue weighted by molar-refractivity contribution is 9.10. The number of nitrogens with two attached hydrogens (primary N) is 1. The van der Waals surface area contributed by atoms with Gasteiger partial charge in [-0.05, 0) is 42.8 Å². The molecule has 5 heteroatoms. The molecule has 0 aliphatic heterocycles. The van der Waals surface area contributed by atoms with Crippen LogP contribution in [0.5, 0.6) is 0 Å². The lowest BCUT2D eigenvalue weighted by Gasteiger charge is -2.19. The highest BCUT2D eigenvalue weighted by Gasteiger charge is 2.20. The van der Waals surface area contributed by atoms with Gasteiger partial charge in [0.2, 0.25) is 0 Å². The summed E-state index contributed by atoms with van der Waals surface area (Å²) in [4.78, 5) is 15.5. The van der Waals surface area contributed by atoms with Crippen molar-refractivity contribution in [2.75, 3.05) is 5.73 Å². The molecule has 0 saturated heterocycles. The maximum Gasteiger partial charge on any atom is 0.342 e. The molecule has 1 heterocycles. The number of aromatic nitrogens is 1. The molecule has 0 aliphatic carbocycles. The zero-order chi connectivity index (χ0) is 11.6. The molecule has 0 spiro atoms. The van der Waals surface area contributed by atoms with Crippen molar-refractivity contribution in [3.05, 3.63) is 22.3 Å². The number of ether oxygens (including phenoxy) is 1. The van der Waals surface area contributed by atoms with E-state index in [4.69, 9.17) is 10.5 Å². The monoisotopic (exact) mass is 272 g/mol. The Balaban J connectivity index is 2.96. The summed E-state index contributed by atoms with van der Waals surface area (Å²) in [6.45, 7) is 5.39. The van der Waals surface area contributed by atoms with Crippen molar-refractivity contribution in [3.8, 4) is 0 Å². The summed E-state index contributed by atoms with van der Waals surface area (Å²) in [7, 11) is 0. The maximum atomic E-state index is 11.7. The normalized spacial score (nSPS) is 11.2. The molecule has 1 aromatic heterocycles. The number of hydrogen-bond donors (Lipinski definition) is 1. The van der Waals surface area contributed by atoms with E-state index in [-0.39, 0.29) is 11.4 Å². The van der Waals surface area contributed by atoms with Gasteiger partial charge in [-0.15, -0.1) is 0 Å². The van der Waals surface area contributed by atoms with Gasteiger partial charge in [0.15, 0.2) is 0 Å². The molecule has 2 N–H and O–H groups in total. The third-order valence-corrected chi connectivity index (χ3v) is 1.94. The fraction of sp³-hybridized carbons (Fsp3) is 0.400. The molecule has 1 rings (SSSR count). The standard InChI is InChI=1S/C10H13BrN2O2/c1-10(2,3)15-9(14)7-4-6(11)5-13-8(7)12/h4-5H,1-3H3,(H2,12,13). The van der Waals surface area contributed by atoms with Crippen LogP contribution in [-0.4, -0.2) is 16.6 Å². The smallest absolute Gasteiger partial charge is 0.342 e. The Bertz CT molecular complexity index is 385. The van der Waals surface area contributed by atoms with Crippen LogP contribution in [0.15, 0.2) is 16.7 Å². The molecule has 0 atom stereocenters. The predicted octanol–water partition coefficient (Wildman–Crippen LogP) is 2.38. The molecule has 1 aromatic rings. The largest absolute Gasteiger partial charge is 0.456 e. The summed E-state index contributed by atoms with van der Waals surface area (Å²) < 4.78 is 5.87. The molecule has 15 heavy (non-hydrogen) atoms. The first-order valence-corrected chi connectivity index (χ1v) is 5.23. The molecule has 0 aromatic carbocycles. The Morgan fingerprint density at radius 1 is 1.53 bits per heavy atom. The van der Waals surface area contributed by atoms with Crippen LogP contribution in [0.25, 0.3) is 0 Å². The summed E-state index contributed by atoms with van der Waals surface area (Å²) in [5.74, 6) is -0.291. The van der Waals surface area contributed by atoms with Crippen LogP contribution in [0.4, 0.5) is 5.82 Å². The minimum Gasteiger partial charge on any atom is -0.456 e. The van der Waals surface area contributed by atoms with E-state index >= 15 is 0 Å². The SMILES string of the molecule is CC(C)(C)OC(=O)c1cc(Br)cnc1N. The fourth-order valence-electron chi connectivity index (χ4n) is 0.946. The van der Waals surface area contributed by atoms with Gasteiger partial charge in [0.25, 0.3) is 0 Å². The van der Waals surface area contributed by atoms with Crippen LogP contribution in [0.2, 0.25) is 0 Å². The summed E-state index contributed by atoms with van der Waals surface area (Å²) in [5.41, 5.74) is 5.32. The highest BCUT2D eigenvalue weighted by atomic mass is 79.9. The molecule has 0 unspecified atom stereocenters. The van der Waals surface area contributed by atoms with Gasteiger partial charge in [-0.3, -0.25) is 0 Å². The second kappa shape index (κ2) is 4.18. The number of pyridine rings is 1. The molecule has 0 amide bonds. The van der Waals surface area contributed by atoms with Gasteiger partial charge >= 0.3 is 5.97 Å². The van der Waals surface area contributed by atoms with Gasteiger partial charge < -0.3 is 10.5 Å². The number of hydrogen-bond acceptors (Lipinski definition) is 4. The first-order valence-electron chi connectivity index (χ1n) is 4.44. The van der Waals surface area contributed by atoms with E-state index in [0.717, 1.165) is 0 Å². The third-order valence-electron chi connectivity index (χ3n) is 1.50. The van der Waals surface area contributed by atoms with E-state index in [0.29, 0.717) is 4.47 Å². The zero-order valence-electron chi connectivity index (χ0n) is 8.87. The van der Waals surface area contributed by atoms with Crippen molar-refractivity contribution in [2.24, 2.45) is 0 Å². The van der Waals surface area contributed by atoms with Gasteiger partial charge in [0.05, 0.1) is 0 Å². The van der Waals surface area contributed by atoms with Gasteiger partial charge in [-0.2, -0.15) is 0 Å². The predicted molar refractivity (Wildman–Crippen MR) is 61.5 cm³/mol. The average Bonchev–Trinajstić information content (AvgIpc) is 2.06. The summed E-state index contributed by atoms with van der Waals surface area (Å²) in [6, 6.07) is 1.59. The van der Waals surface area contributed by atoms with E-state index < -0.39 is 11.6 Å². The minimum atomic E-state index is -0.536. The molecule has 0 bridgehead atoms. The van der Waals surface area contributed by atoms with E-state index in [1.807, 2.05) is 0 Å². The molecular weight excluding hydrogens is 260 g/mol. The van der Waals surface area contributed by atoms with Crippen molar-refractivity contribution in [3.63, 3.8) is 0 Å². The Kier molecular flexibility index (Phi) is 3.34. The van der Waals surface area contributed by atoms with Gasteiger partial charge in [0, 0.05) is 10.7 Å². The second-order valence-electron chi connectivity index (χ2n) is 4.09. The lowest BCUT2D eigenvalue weighted by atomic mass is 10.2. The summed E-state index contributed by atoms with van der Waals surface area (Å²) >= 11 is 3.22. The molecule has 0 fully saturated rings. The summed E-state index contributed by atoms with van der Waals surface area (Å²) in [5, 5.41) is 0. The average molecular weight is 273 g/mol. The third kappa shape index (κ3) is 3.51. The van der Waals surface area contributed by atoms with Gasteiger partial charge in [0.1, 0.15) is 17.0 Å². The van der Waals surface area contributed by atoms with Crippen molar-refractivity contribution >= 4 is 27.7 Å². The first kappa shape index (κ1) is 12.0. The van der Waals surface area contributed by atoms with Gasteiger partial charge in [-0.25, -0.2) is 9.78 Å². The lowest BCUT2D eigenvalue weighted by molar-refractivity contribution is 0.00704. The molecular formula is C10H13BrN2O2. The molecule has 0 radical (unpaired) electrons. The lowest BCUT2D eigenvalue weighted by Crippen LogP contribution is -2.24. The van der Waals surface area contributed by atoms with Crippen LogP contribution in [0, 0.1) is 0 Å². The number of halogens is 1. The van der Waals surface area contributed by atoms with E-state index in [1.54, 1.807) is 26.8 Å². The molecule has 82 valence electrons. The zero-order valence-corrected chi connectivity index (χ0v) is 10.5. The van der Waals surface area contributed by atoms with Crippen molar-refractivity contribution in [1.29, 1.82) is 0 Å². The molecule has 0 aliphatic rings. The van der Waals surface area contributed by atoms with Crippen LogP contribution in [-0.2, 0) is 4.74 Å². The highest BCUT2D eigenvalue weighted by Crippen LogP contribution is 2.19. The Morgan fingerprint density at radius 3 is 2.67 bits per heavy atom. The van der Waals surface area contributed by atoms with Crippen LogP contribution >= 0.6 is 15.9 Å². The van der Waals surface area contributed by atoms with Crippen molar-refractivity contribution in [2.45, 2.75) is 26.4 Å². The number of nitrogen functional groups attached to an aromatic ring is 1. The van der Waals surface area contributed by atoms with E-state index in [1.165, 1.54) is 6.20 Å². The Labute approximate surface area is 97.0 Å². The van der Waals surface area contributed by atoms with Crippen LogP contribution in [0.1, 0.15) is 31.1 Å². The Morgan fingerprint density at radius 2 is 2.13 bits per heavy atom. The quantitative estimate of drug-likeness (QED) is 0.798. The minimum absolute atomic E-state index is 0.174. The Hall–Kier alpha value is -1.10. The van der Waals surface area contributed by atoms with E-state index in [9.17, 15) is 4.79 Å². The topological polar surface area (TPSA) is 65.2 Å². The molecule has 4 nitrogen and oxygen atoms in total. The first-order chi connectivity index (χ1) is 6.79. The van der Waals surface area contributed by atoms with Crippen molar-refractivity contribution < 1.29 is 9.53 Å². The van der Waals surface area contributed by atoms with E-state index in [2.05, 4.69) is 20.9 Å². The number of nitrogens with zero attached hydrogens (tertiary/aromatic N) is 1. The number of carbonyl (C=O) groups is 1. The maximum absolute atomic E-state index is 11.7. The van der Waals surface area contributed by atoms with Crippen molar-refractivity contribution in [1.82, 2.24) is 4.98 Å². The second-order valence-corrected chi connectivity index (χ2v) is 5.00. The van der Waals surface area contributed by atoms with Gasteiger partial charge in [-0.1, -0.05) is 0 Å². The number of esters is 1. The number of anilines is 1. The number of rotatable bonds is 1. The fourth-order valence-corrected chi connectivity index (χ4v) is 1.28. The van der Waals surface area contributed by atoms with Crippen LogP contribution in [0.3, 0.4) is 0 Å². The molecule has 0 saturated carbocycles. The number of carbonyl (C=O) groups excluding carboxylic acids is 1.